The molecule has 20 heavy (non-hydrogen) atoms. The quantitative estimate of drug-likeness (QED) is 0.782. The van der Waals surface area contributed by atoms with Crippen LogP contribution in [0.1, 0.15) is 62.2 Å². The number of hydrogen-bond donors (Lipinski definition) is 1. The molecule has 2 nitrogen and oxygen atoms in total. The molecular weight excluding hydrogens is 246 g/mol. The smallest absolute Gasteiger partial charge is 0.123 e. The van der Waals surface area contributed by atoms with E-state index in [-0.39, 0.29) is 0 Å². The van der Waals surface area contributed by atoms with E-state index in [2.05, 4.69) is 51.2 Å². The van der Waals surface area contributed by atoms with Gasteiger partial charge in [-0.1, -0.05) is 39.8 Å². The van der Waals surface area contributed by atoms with E-state index in [1.54, 1.807) is 0 Å². The van der Waals surface area contributed by atoms with Gasteiger partial charge in [0.15, 0.2) is 0 Å². The minimum atomic E-state index is 0.509. The highest BCUT2D eigenvalue weighted by molar-refractivity contribution is 5.54. The van der Waals surface area contributed by atoms with Gasteiger partial charge >= 0.3 is 0 Å². The Morgan fingerprint density at radius 2 is 1.75 bits per heavy atom. The van der Waals surface area contributed by atoms with E-state index in [4.69, 9.17) is 4.42 Å². The first-order chi connectivity index (χ1) is 9.47. The topological polar surface area (TPSA) is 25.2 Å². The van der Waals surface area contributed by atoms with Gasteiger partial charge in [-0.2, -0.15) is 0 Å². The summed E-state index contributed by atoms with van der Waals surface area (Å²) in [5, 5.41) is 3.50. The molecule has 1 aromatic heterocycles. The maximum Gasteiger partial charge on any atom is 0.123 e. The molecule has 2 aromatic rings. The molecule has 0 amide bonds. The minimum absolute atomic E-state index is 0.509. The lowest BCUT2D eigenvalue weighted by Gasteiger charge is -2.17. The molecule has 0 bridgehead atoms. The molecule has 2 heteroatoms. The molecule has 0 saturated heterocycles. The standard InChI is InChI=1S/C18H25NO/c1-12(2)15-7-9-18(17(10-15)13(3)4)19-11-16-8-6-14(5)20-16/h6-10,12-13,19H,11H2,1-5H3. The number of nitrogens with one attached hydrogen (secondary N) is 1. The van der Waals surface area contributed by atoms with E-state index >= 15 is 0 Å². The summed E-state index contributed by atoms with van der Waals surface area (Å²) in [7, 11) is 0. The highest BCUT2D eigenvalue weighted by Gasteiger charge is 2.10. The zero-order chi connectivity index (χ0) is 14.7. The van der Waals surface area contributed by atoms with Gasteiger partial charge in [-0.25, -0.2) is 0 Å². The highest BCUT2D eigenvalue weighted by atomic mass is 16.3. The Hall–Kier alpha value is -1.70. The Labute approximate surface area is 122 Å². The van der Waals surface area contributed by atoms with Crippen LogP contribution >= 0.6 is 0 Å². The Kier molecular flexibility index (Phi) is 4.53. The molecule has 1 N–H and O–H groups in total. The minimum Gasteiger partial charge on any atom is -0.465 e. The van der Waals surface area contributed by atoms with Gasteiger partial charge < -0.3 is 9.73 Å². The monoisotopic (exact) mass is 271 g/mol. The van der Waals surface area contributed by atoms with Gasteiger partial charge in [-0.3, -0.25) is 0 Å². The van der Waals surface area contributed by atoms with E-state index in [0.29, 0.717) is 11.8 Å². The van der Waals surface area contributed by atoms with Crippen LogP contribution in [-0.2, 0) is 6.54 Å². The molecule has 0 aliphatic heterocycles. The van der Waals surface area contributed by atoms with Crippen LogP contribution in [-0.4, -0.2) is 0 Å². The highest BCUT2D eigenvalue weighted by Crippen LogP contribution is 2.28. The molecule has 0 unspecified atom stereocenters. The molecule has 2 rings (SSSR count). The summed E-state index contributed by atoms with van der Waals surface area (Å²) in [6.07, 6.45) is 0. The van der Waals surface area contributed by atoms with Crippen LogP contribution in [0, 0.1) is 6.92 Å². The summed E-state index contributed by atoms with van der Waals surface area (Å²) < 4.78 is 5.61. The number of rotatable bonds is 5. The van der Waals surface area contributed by atoms with Crippen molar-refractivity contribution in [2.45, 2.75) is 53.0 Å². The van der Waals surface area contributed by atoms with Crippen LogP contribution in [0.5, 0.6) is 0 Å². The zero-order valence-electron chi connectivity index (χ0n) is 13.2. The maximum absolute atomic E-state index is 5.61. The Balaban J connectivity index is 2.18. The molecule has 0 atom stereocenters. The van der Waals surface area contributed by atoms with Crippen molar-refractivity contribution in [3.63, 3.8) is 0 Å². The largest absolute Gasteiger partial charge is 0.465 e. The first-order valence-electron chi connectivity index (χ1n) is 7.40. The number of furan rings is 1. The van der Waals surface area contributed by atoms with Crippen molar-refractivity contribution in [3.8, 4) is 0 Å². The average molecular weight is 271 g/mol. The third kappa shape index (κ3) is 3.44. The molecular formula is C18H25NO. The fraction of sp³-hybridized carbons (Fsp3) is 0.444. The van der Waals surface area contributed by atoms with Gasteiger partial charge in [0.25, 0.3) is 0 Å². The second kappa shape index (κ2) is 6.17. The Morgan fingerprint density at radius 3 is 2.30 bits per heavy atom. The normalized spacial score (nSPS) is 11.3. The first-order valence-corrected chi connectivity index (χ1v) is 7.40. The second-order valence-corrected chi connectivity index (χ2v) is 6.02. The van der Waals surface area contributed by atoms with Crippen LogP contribution in [0.15, 0.2) is 34.7 Å². The van der Waals surface area contributed by atoms with Crippen molar-refractivity contribution in [2.75, 3.05) is 5.32 Å². The number of anilines is 1. The van der Waals surface area contributed by atoms with Crippen LogP contribution in [0.2, 0.25) is 0 Å². The van der Waals surface area contributed by atoms with Gasteiger partial charge in [-0.15, -0.1) is 0 Å². The van der Waals surface area contributed by atoms with Crippen molar-refractivity contribution in [2.24, 2.45) is 0 Å². The number of benzene rings is 1. The van der Waals surface area contributed by atoms with Gasteiger partial charge in [-0.05, 0) is 48.1 Å². The van der Waals surface area contributed by atoms with Crippen molar-refractivity contribution in [1.82, 2.24) is 0 Å². The molecule has 0 aliphatic rings. The third-order valence-corrected chi connectivity index (χ3v) is 3.61. The van der Waals surface area contributed by atoms with E-state index in [0.717, 1.165) is 18.1 Å². The molecule has 0 spiro atoms. The van der Waals surface area contributed by atoms with Gasteiger partial charge in [0.2, 0.25) is 0 Å². The molecule has 1 aromatic carbocycles. The Bertz CT molecular complexity index is 567. The van der Waals surface area contributed by atoms with E-state index in [1.165, 1.54) is 16.8 Å². The fourth-order valence-electron chi connectivity index (χ4n) is 2.34. The van der Waals surface area contributed by atoms with E-state index in [9.17, 15) is 0 Å². The molecule has 108 valence electrons. The average Bonchev–Trinajstić information content (AvgIpc) is 2.81. The lowest BCUT2D eigenvalue weighted by molar-refractivity contribution is 0.490. The lowest BCUT2D eigenvalue weighted by Crippen LogP contribution is -2.04. The molecule has 0 fully saturated rings. The SMILES string of the molecule is Cc1ccc(CNc2ccc(C(C)C)cc2C(C)C)o1. The summed E-state index contributed by atoms with van der Waals surface area (Å²) in [6, 6.07) is 10.8. The van der Waals surface area contributed by atoms with Crippen molar-refractivity contribution >= 4 is 5.69 Å². The predicted molar refractivity (Wildman–Crippen MR) is 85.4 cm³/mol. The summed E-state index contributed by atoms with van der Waals surface area (Å²) in [5.41, 5.74) is 3.98. The summed E-state index contributed by atoms with van der Waals surface area (Å²) in [6.45, 7) is 11.6. The number of aryl methyl sites for hydroxylation is 1. The predicted octanol–water partition coefficient (Wildman–Crippen LogP) is 5.45. The van der Waals surface area contributed by atoms with Crippen molar-refractivity contribution in [1.29, 1.82) is 0 Å². The second-order valence-electron chi connectivity index (χ2n) is 6.02. The lowest BCUT2D eigenvalue weighted by atomic mass is 9.94. The fourth-order valence-corrected chi connectivity index (χ4v) is 2.34. The first kappa shape index (κ1) is 14.7. The van der Waals surface area contributed by atoms with E-state index in [1.807, 2.05) is 19.1 Å². The third-order valence-electron chi connectivity index (χ3n) is 3.61. The van der Waals surface area contributed by atoms with Gasteiger partial charge in [0, 0.05) is 5.69 Å². The molecule has 1 heterocycles. The van der Waals surface area contributed by atoms with Crippen LogP contribution in [0.4, 0.5) is 5.69 Å². The summed E-state index contributed by atoms with van der Waals surface area (Å²) in [5.74, 6) is 3.01. The van der Waals surface area contributed by atoms with E-state index < -0.39 is 0 Å². The zero-order valence-corrected chi connectivity index (χ0v) is 13.2. The van der Waals surface area contributed by atoms with Crippen LogP contribution in [0.3, 0.4) is 0 Å². The van der Waals surface area contributed by atoms with Gasteiger partial charge in [0.05, 0.1) is 6.54 Å². The molecule has 0 aliphatic carbocycles. The Morgan fingerprint density at radius 1 is 1.00 bits per heavy atom. The van der Waals surface area contributed by atoms with Crippen LogP contribution in [0.25, 0.3) is 0 Å². The maximum atomic E-state index is 5.61. The number of hydrogen-bond acceptors (Lipinski definition) is 2. The summed E-state index contributed by atoms with van der Waals surface area (Å²) >= 11 is 0. The van der Waals surface area contributed by atoms with Crippen molar-refractivity contribution in [3.05, 3.63) is 53.0 Å². The van der Waals surface area contributed by atoms with Crippen molar-refractivity contribution < 1.29 is 4.42 Å². The van der Waals surface area contributed by atoms with Gasteiger partial charge in [0.1, 0.15) is 11.5 Å². The molecule has 0 saturated carbocycles. The van der Waals surface area contributed by atoms with Crippen LogP contribution < -0.4 is 5.32 Å². The summed E-state index contributed by atoms with van der Waals surface area (Å²) in [4.78, 5) is 0. The molecule has 0 radical (unpaired) electrons.